The van der Waals surface area contributed by atoms with E-state index >= 15 is 0 Å². The van der Waals surface area contributed by atoms with Gasteiger partial charge < -0.3 is 9.84 Å². The van der Waals surface area contributed by atoms with Crippen LogP contribution >= 0.6 is 0 Å². The van der Waals surface area contributed by atoms with Gasteiger partial charge in [-0.3, -0.25) is 0 Å². The summed E-state index contributed by atoms with van der Waals surface area (Å²) < 4.78 is 30.0. The maximum Gasteiger partial charge on any atom is 0.216 e. The van der Waals surface area contributed by atoms with E-state index in [1.807, 2.05) is 6.92 Å². The lowest BCUT2D eigenvalue weighted by Crippen LogP contribution is -2.46. The van der Waals surface area contributed by atoms with Crippen molar-refractivity contribution in [3.05, 3.63) is 0 Å². The molecule has 1 saturated heterocycles. The van der Waals surface area contributed by atoms with Crippen LogP contribution in [0.3, 0.4) is 0 Å². The number of aliphatic hydroxyl groups excluding tert-OH is 1. The van der Waals surface area contributed by atoms with Crippen molar-refractivity contribution in [3.63, 3.8) is 0 Å². The molecule has 96 valence electrons. The molecule has 0 spiro atoms. The van der Waals surface area contributed by atoms with Gasteiger partial charge in [0.1, 0.15) is 0 Å². The van der Waals surface area contributed by atoms with Gasteiger partial charge in [0.2, 0.25) is 10.0 Å². The highest BCUT2D eigenvalue weighted by molar-refractivity contribution is 7.89. The van der Waals surface area contributed by atoms with Crippen LogP contribution in [0, 0.1) is 5.92 Å². The number of methoxy groups -OCH3 is 1. The van der Waals surface area contributed by atoms with Gasteiger partial charge in [0.15, 0.2) is 0 Å². The molecule has 1 N–H and O–H groups in total. The number of piperidine rings is 1. The molecule has 1 aliphatic rings. The smallest absolute Gasteiger partial charge is 0.216 e. The van der Waals surface area contributed by atoms with Gasteiger partial charge in [0.05, 0.1) is 18.5 Å². The van der Waals surface area contributed by atoms with Crippen molar-refractivity contribution in [3.8, 4) is 0 Å². The Hall–Kier alpha value is -0.170. The molecule has 0 bridgehead atoms. The number of hydrogen-bond acceptors (Lipinski definition) is 4. The molecule has 5 nitrogen and oxygen atoms in total. The van der Waals surface area contributed by atoms with E-state index < -0.39 is 10.0 Å². The molecule has 1 rings (SSSR count). The highest BCUT2D eigenvalue weighted by atomic mass is 32.2. The predicted octanol–water partition coefficient (Wildman–Crippen LogP) is 0.0554. The maximum absolute atomic E-state index is 11.9. The third kappa shape index (κ3) is 3.41. The van der Waals surface area contributed by atoms with Crippen LogP contribution in [-0.2, 0) is 14.8 Å². The van der Waals surface area contributed by atoms with Crippen LogP contribution < -0.4 is 0 Å². The van der Waals surface area contributed by atoms with Crippen LogP contribution in [0.2, 0.25) is 0 Å². The molecular weight excluding hydrogens is 230 g/mol. The second-order valence-corrected chi connectivity index (χ2v) is 6.28. The quantitative estimate of drug-likeness (QED) is 0.750. The first-order valence-electron chi connectivity index (χ1n) is 5.66. The lowest BCUT2D eigenvalue weighted by molar-refractivity contribution is 0.0519. The largest absolute Gasteiger partial charge is 0.393 e. The topological polar surface area (TPSA) is 66.8 Å². The summed E-state index contributed by atoms with van der Waals surface area (Å²) in [5.74, 6) is 0.0850. The van der Waals surface area contributed by atoms with Crippen molar-refractivity contribution < 1.29 is 18.3 Å². The first-order valence-corrected chi connectivity index (χ1v) is 7.27. The van der Waals surface area contributed by atoms with E-state index in [2.05, 4.69) is 0 Å². The summed E-state index contributed by atoms with van der Waals surface area (Å²) in [6.45, 7) is 3.05. The summed E-state index contributed by atoms with van der Waals surface area (Å²) in [7, 11) is -1.72. The molecule has 0 aliphatic carbocycles. The molecule has 2 atom stereocenters. The minimum atomic E-state index is -3.21. The monoisotopic (exact) mass is 251 g/mol. The minimum Gasteiger partial charge on any atom is -0.393 e. The zero-order chi connectivity index (χ0) is 12.2. The van der Waals surface area contributed by atoms with Gasteiger partial charge in [-0.25, -0.2) is 12.7 Å². The zero-order valence-corrected chi connectivity index (χ0v) is 10.7. The summed E-state index contributed by atoms with van der Waals surface area (Å²) in [6, 6.07) is 0. The average molecular weight is 251 g/mol. The fraction of sp³-hybridized carbons (Fsp3) is 1.00. The van der Waals surface area contributed by atoms with Gasteiger partial charge in [-0.2, -0.15) is 0 Å². The van der Waals surface area contributed by atoms with Gasteiger partial charge in [0, 0.05) is 20.2 Å². The van der Waals surface area contributed by atoms with Crippen molar-refractivity contribution in [2.45, 2.75) is 25.9 Å². The second-order valence-electron chi connectivity index (χ2n) is 4.19. The molecule has 0 amide bonds. The summed E-state index contributed by atoms with van der Waals surface area (Å²) >= 11 is 0. The molecule has 16 heavy (non-hydrogen) atoms. The van der Waals surface area contributed by atoms with Crippen molar-refractivity contribution in [1.82, 2.24) is 4.31 Å². The van der Waals surface area contributed by atoms with E-state index in [4.69, 9.17) is 4.74 Å². The van der Waals surface area contributed by atoms with Crippen LogP contribution in [0.25, 0.3) is 0 Å². The van der Waals surface area contributed by atoms with Gasteiger partial charge >= 0.3 is 0 Å². The van der Waals surface area contributed by atoms with Gasteiger partial charge in [0.25, 0.3) is 0 Å². The number of ether oxygens (including phenoxy) is 1. The minimum absolute atomic E-state index is 0.0238. The molecule has 0 aromatic heterocycles. The SMILES string of the molecule is CCC1CN(S(=O)(=O)CCOC)CCC1O. The zero-order valence-electron chi connectivity index (χ0n) is 9.92. The Morgan fingerprint density at radius 3 is 2.75 bits per heavy atom. The Morgan fingerprint density at radius 1 is 1.50 bits per heavy atom. The molecule has 0 saturated carbocycles. The highest BCUT2D eigenvalue weighted by Crippen LogP contribution is 2.22. The van der Waals surface area contributed by atoms with Gasteiger partial charge in [-0.1, -0.05) is 6.92 Å². The fourth-order valence-corrected chi connectivity index (χ4v) is 3.40. The van der Waals surface area contributed by atoms with Crippen LogP contribution in [0.15, 0.2) is 0 Å². The van der Waals surface area contributed by atoms with Crippen LogP contribution in [0.5, 0.6) is 0 Å². The summed E-state index contributed by atoms with van der Waals surface area (Å²) in [5.41, 5.74) is 0. The lowest BCUT2D eigenvalue weighted by atomic mass is 9.94. The molecule has 1 fully saturated rings. The van der Waals surface area contributed by atoms with Crippen molar-refractivity contribution >= 4 is 10.0 Å². The van der Waals surface area contributed by atoms with E-state index in [1.54, 1.807) is 0 Å². The Labute approximate surface area is 97.4 Å². The lowest BCUT2D eigenvalue weighted by Gasteiger charge is -2.34. The first kappa shape index (κ1) is 13.9. The molecule has 1 aliphatic heterocycles. The number of nitrogens with zero attached hydrogens (tertiary/aromatic N) is 1. The molecule has 0 aromatic carbocycles. The predicted molar refractivity (Wildman–Crippen MR) is 61.6 cm³/mol. The number of hydrogen-bond donors (Lipinski definition) is 1. The third-order valence-corrected chi connectivity index (χ3v) is 4.92. The van der Waals surface area contributed by atoms with Crippen LogP contribution in [-0.4, -0.2) is 56.5 Å². The highest BCUT2D eigenvalue weighted by Gasteiger charge is 2.32. The van der Waals surface area contributed by atoms with Crippen molar-refractivity contribution in [2.24, 2.45) is 5.92 Å². The molecular formula is C10H21NO4S. The normalized spacial score (nSPS) is 28.2. The number of rotatable bonds is 5. The van der Waals surface area contributed by atoms with E-state index in [1.165, 1.54) is 11.4 Å². The van der Waals surface area contributed by atoms with Crippen molar-refractivity contribution in [2.75, 3.05) is 32.6 Å². The van der Waals surface area contributed by atoms with Crippen LogP contribution in [0.1, 0.15) is 19.8 Å². The Balaban J connectivity index is 2.60. The number of sulfonamides is 1. The summed E-state index contributed by atoms with van der Waals surface area (Å²) in [6.07, 6.45) is 0.973. The molecule has 6 heteroatoms. The fourth-order valence-electron chi connectivity index (χ4n) is 1.96. The van der Waals surface area contributed by atoms with Crippen molar-refractivity contribution in [1.29, 1.82) is 0 Å². The maximum atomic E-state index is 11.9. The van der Waals surface area contributed by atoms with E-state index in [-0.39, 0.29) is 24.4 Å². The standard InChI is InChI=1S/C10H21NO4S/c1-3-9-8-11(5-4-10(9)12)16(13,14)7-6-15-2/h9-10,12H,3-8H2,1-2H3. The van der Waals surface area contributed by atoms with E-state index in [0.29, 0.717) is 19.5 Å². The summed E-state index contributed by atoms with van der Waals surface area (Å²) in [4.78, 5) is 0. The Kier molecular flexibility index (Phi) is 5.17. The summed E-state index contributed by atoms with van der Waals surface area (Å²) in [5, 5.41) is 9.68. The molecule has 0 radical (unpaired) electrons. The second kappa shape index (κ2) is 5.95. The molecule has 0 aromatic rings. The third-order valence-electron chi connectivity index (χ3n) is 3.12. The first-order chi connectivity index (χ1) is 7.51. The molecule has 2 unspecified atom stereocenters. The Bertz CT molecular complexity index is 304. The van der Waals surface area contributed by atoms with E-state index in [0.717, 1.165) is 6.42 Å². The van der Waals surface area contributed by atoms with E-state index in [9.17, 15) is 13.5 Å². The Morgan fingerprint density at radius 2 is 2.19 bits per heavy atom. The average Bonchev–Trinajstić information content (AvgIpc) is 2.27. The van der Waals surface area contributed by atoms with Gasteiger partial charge in [-0.15, -0.1) is 0 Å². The van der Waals surface area contributed by atoms with Gasteiger partial charge in [-0.05, 0) is 18.8 Å². The van der Waals surface area contributed by atoms with Crippen LogP contribution in [0.4, 0.5) is 0 Å². The molecule has 1 heterocycles. The number of aliphatic hydroxyl groups is 1.